The van der Waals surface area contributed by atoms with Gasteiger partial charge < -0.3 is 4.90 Å². The molecule has 100 valence electrons. The van der Waals surface area contributed by atoms with Gasteiger partial charge in [-0.25, -0.2) is 4.39 Å². The minimum Gasteiger partial charge on any atom is -0.336 e. The highest BCUT2D eigenvalue weighted by Gasteiger charge is 2.30. The smallest absolute Gasteiger partial charge is 0.147 e. The molecule has 3 rings (SSSR count). The van der Waals surface area contributed by atoms with Crippen LogP contribution in [0.25, 0.3) is 0 Å². The minimum atomic E-state index is -0.142. The molecule has 0 radical (unpaired) electrons. The van der Waals surface area contributed by atoms with E-state index in [1.54, 1.807) is 6.07 Å². The monoisotopic (exact) mass is 257 g/mol. The maximum atomic E-state index is 14.4. The Balaban J connectivity index is 1.96. The van der Waals surface area contributed by atoms with Crippen LogP contribution in [0.15, 0.2) is 42.6 Å². The van der Waals surface area contributed by atoms with Crippen LogP contribution in [0.2, 0.25) is 0 Å². The van der Waals surface area contributed by atoms with Crippen molar-refractivity contribution in [3.05, 3.63) is 54.0 Å². The van der Waals surface area contributed by atoms with E-state index in [1.807, 2.05) is 29.3 Å². The van der Waals surface area contributed by atoms with Crippen molar-refractivity contribution in [2.75, 3.05) is 4.90 Å². The van der Waals surface area contributed by atoms with E-state index in [1.165, 1.54) is 12.8 Å². The molecule has 0 bridgehead atoms. The molecule has 0 saturated heterocycles. The lowest BCUT2D eigenvalue weighted by atomic mass is 9.93. The van der Waals surface area contributed by atoms with Crippen LogP contribution in [0, 0.1) is 5.82 Å². The van der Waals surface area contributed by atoms with Crippen LogP contribution in [0.5, 0.6) is 0 Å². The quantitative estimate of drug-likeness (QED) is 0.754. The van der Waals surface area contributed by atoms with Gasteiger partial charge in [0.05, 0.1) is 11.2 Å². The highest BCUT2D eigenvalue weighted by molar-refractivity contribution is 5.57. The van der Waals surface area contributed by atoms with Crippen LogP contribution in [0.3, 0.4) is 0 Å². The molecule has 2 heteroatoms. The van der Waals surface area contributed by atoms with Crippen molar-refractivity contribution in [3.8, 4) is 0 Å². The average Bonchev–Trinajstić information content (AvgIpc) is 3.24. The van der Waals surface area contributed by atoms with Gasteiger partial charge in [0.25, 0.3) is 0 Å². The Morgan fingerprint density at radius 1 is 1.32 bits per heavy atom. The summed E-state index contributed by atoms with van der Waals surface area (Å²) >= 11 is 0. The fourth-order valence-electron chi connectivity index (χ4n) is 2.68. The van der Waals surface area contributed by atoms with E-state index in [0.717, 1.165) is 12.0 Å². The number of anilines is 1. The molecule has 0 spiro atoms. The molecule has 1 aliphatic heterocycles. The first kappa shape index (κ1) is 12.5. The van der Waals surface area contributed by atoms with Crippen molar-refractivity contribution in [1.29, 1.82) is 0 Å². The molecule has 1 aromatic rings. The van der Waals surface area contributed by atoms with Crippen molar-refractivity contribution < 1.29 is 4.39 Å². The molecular weight excluding hydrogens is 237 g/mol. The molecule has 1 unspecified atom stereocenters. The van der Waals surface area contributed by atoms with E-state index in [4.69, 9.17) is 0 Å². The SMILES string of the molecule is CCC1(C)C=CC=CN1c1ccc(C2CC2)cc1F. The number of allylic oxidation sites excluding steroid dienone is 2. The summed E-state index contributed by atoms with van der Waals surface area (Å²) in [6.07, 6.45) is 11.5. The standard InChI is InChI=1S/C17H20FN/c1-3-17(2)10-4-5-11-19(17)16-9-8-14(12-15(16)18)13-6-7-13/h4-5,8-13H,3,6-7H2,1-2H3. The molecule has 1 fully saturated rings. The fraction of sp³-hybridized carbons (Fsp3) is 0.412. The number of rotatable bonds is 3. The number of benzene rings is 1. The number of hydrogen-bond donors (Lipinski definition) is 0. The van der Waals surface area contributed by atoms with E-state index < -0.39 is 0 Å². The molecule has 1 aromatic carbocycles. The lowest BCUT2D eigenvalue weighted by Crippen LogP contribution is -2.42. The van der Waals surface area contributed by atoms with Crippen LogP contribution in [-0.2, 0) is 0 Å². The van der Waals surface area contributed by atoms with Gasteiger partial charge in [-0.3, -0.25) is 0 Å². The predicted octanol–water partition coefficient (Wildman–Crippen LogP) is 4.76. The van der Waals surface area contributed by atoms with Gasteiger partial charge in [-0.1, -0.05) is 25.1 Å². The summed E-state index contributed by atoms with van der Waals surface area (Å²) in [6, 6.07) is 5.73. The fourth-order valence-corrected chi connectivity index (χ4v) is 2.68. The Bertz CT molecular complexity index is 542. The summed E-state index contributed by atoms with van der Waals surface area (Å²) in [5.74, 6) is 0.488. The molecule has 0 aromatic heterocycles. The summed E-state index contributed by atoms with van der Waals surface area (Å²) in [5.41, 5.74) is 1.68. The predicted molar refractivity (Wildman–Crippen MR) is 77.8 cm³/mol. The maximum absolute atomic E-state index is 14.4. The molecular formula is C17H20FN. The number of halogens is 1. The molecule has 1 saturated carbocycles. The molecule has 1 heterocycles. The van der Waals surface area contributed by atoms with Gasteiger partial charge in [0.1, 0.15) is 5.82 Å². The third-order valence-electron chi connectivity index (χ3n) is 4.35. The second-order valence-electron chi connectivity index (χ2n) is 5.77. The largest absolute Gasteiger partial charge is 0.336 e. The van der Waals surface area contributed by atoms with Crippen molar-refractivity contribution in [2.24, 2.45) is 0 Å². The third kappa shape index (κ3) is 2.20. The Morgan fingerprint density at radius 3 is 2.74 bits per heavy atom. The molecule has 1 nitrogen and oxygen atoms in total. The van der Waals surface area contributed by atoms with Crippen molar-refractivity contribution in [3.63, 3.8) is 0 Å². The minimum absolute atomic E-state index is 0.107. The molecule has 2 aliphatic rings. The van der Waals surface area contributed by atoms with Crippen LogP contribution in [-0.4, -0.2) is 5.54 Å². The molecule has 1 aliphatic carbocycles. The molecule has 1 atom stereocenters. The van der Waals surface area contributed by atoms with Crippen LogP contribution >= 0.6 is 0 Å². The van der Waals surface area contributed by atoms with E-state index in [9.17, 15) is 4.39 Å². The van der Waals surface area contributed by atoms with Gasteiger partial charge in [-0.15, -0.1) is 0 Å². The van der Waals surface area contributed by atoms with Crippen molar-refractivity contribution >= 4 is 5.69 Å². The summed E-state index contributed by atoms with van der Waals surface area (Å²) < 4.78 is 14.4. The van der Waals surface area contributed by atoms with E-state index >= 15 is 0 Å². The summed E-state index contributed by atoms with van der Waals surface area (Å²) in [7, 11) is 0. The summed E-state index contributed by atoms with van der Waals surface area (Å²) in [5, 5.41) is 0. The Kier molecular flexibility index (Phi) is 2.96. The van der Waals surface area contributed by atoms with Gasteiger partial charge in [0.2, 0.25) is 0 Å². The first-order valence-electron chi connectivity index (χ1n) is 7.09. The van der Waals surface area contributed by atoms with E-state index in [-0.39, 0.29) is 11.4 Å². The van der Waals surface area contributed by atoms with Crippen LogP contribution in [0.1, 0.15) is 44.6 Å². The van der Waals surface area contributed by atoms with Gasteiger partial charge in [0.15, 0.2) is 0 Å². The topological polar surface area (TPSA) is 3.24 Å². The molecule has 0 N–H and O–H groups in total. The highest BCUT2D eigenvalue weighted by atomic mass is 19.1. The Hall–Kier alpha value is -1.57. The Morgan fingerprint density at radius 2 is 2.11 bits per heavy atom. The van der Waals surface area contributed by atoms with Gasteiger partial charge in [-0.2, -0.15) is 0 Å². The van der Waals surface area contributed by atoms with Crippen LogP contribution < -0.4 is 4.90 Å². The lowest BCUT2D eigenvalue weighted by molar-refractivity contribution is 0.524. The van der Waals surface area contributed by atoms with E-state index in [0.29, 0.717) is 11.6 Å². The average molecular weight is 257 g/mol. The zero-order chi connectivity index (χ0) is 13.5. The third-order valence-corrected chi connectivity index (χ3v) is 4.35. The van der Waals surface area contributed by atoms with Crippen molar-refractivity contribution in [2.45, 2.75) is 44.6 Å². The summed E-state index contributed by atoms with van der Waals surface area (Å²) in [4.78, 5) is 2.04. The second-order valence-corrected chi connectivity index (χ2v) is 5.77. The molecule has 0 amide bonds. The first-order valence-corrected chi connectivity index (χ1v) is 7.09. The van der Waals surface area contributed by atoms with Gasteiger partial charge in [-0.05, 0) is 55.9 Å². The Labute approximate surface area is 114 Å². The zero-order valence-electron chi connectivity index (χ0n) is 11.6. The van der Waals surface area contributed by atoms with Crippen molar-refractivity contribution in [1.82, 2.24) is 0 Å². The maximum Gasteiger partial charge on any atom is 0.147 e. The van der Waals surface area contributed by atoms with Gasteiger partial charge in [0, 0.05) is 6.20 Å². The normalized spacial score (nSPS) is 25.9. The highest BCUT2D eigenvalue weighted by Crippen LogP contribution is 2.42. The van der Waals surface area contributed by atoms with E-state index in [2.05, 4.69) is 26.0 Å². The first-order chi connectivity index (χ1) is 9.14. The van der Waals surface area contributed by atoms with Gasteiger partial charge >= 0.3 is 0 Å². The molecule has 19 heavy (non-hydrogen) atoms. The summed E-state index contributed by atoms with van der Waals surface area (Å²) in [6.45, 7) is 4.27. The lowest BCUT2D eigenvalue weighted by Gasteiger charge is -2.40. The number of hydrogen-bond acceptors (Lipinski definition) is 1. The zero-order valence-corrected chi connectivity index (χ0v) is 11.6. The number of nitrogens with zero attached hydrogens (tertiary/aromatic N) is 1. The van der Waals surface area contributed by atoms with Crippen LogP contribution in [0.4, 0.5) is 10.1 Å². The second kappa shape index (κ2) is 4.52.